The van der Waals surface area contributed by atoms with E-state index in [0.717, 1.165) is 5.56 Å². The molecule has 1 aromatic carbocycles. The van der Waals surface area contributed by atoms with Gasteiger partial charge in [0.1, 0.15) is 6.04 Å². The number of β-lactam (4-membered cyclic amide) rings is 1. The Hall–Kier alpha value is -2.28. The molecule has 0 saturated carbocycles. The molecule has 0 spiro atoms. The molecule has 1 aromatic heterocycles. The summed E-state index contributed by atoms with van der Waals surface area (Å²) in [6.45, 7) is 2.39. The molecule has 1 fully saturated rings. The Balaban J connectivity index is 1.76. The van der Waals surface area contributed by atoms with Gasteiger partial charge >= 0.3 is 0 Å². The van der Waals surface area contributed by atoms with Crippen LogP contribution < -0.4 is 10.6 Å². The number of hydrogen-bond acceptors (Lipinski definition) is 5. The standard InChI is InChI=1S/C12H14N6O/c1-8-10(13)11(19)18(8)12-14-16-17(15-12)7-9-5-3-2-4-6-9/h2-6,8,10H,7,13H2,1H3. The first-order chi connectivity index (χ1) is 9.16. The van der Waals surface area contributed by atoms with Crippen molar-refractivity contribution in [1.29, 1.82) is 0 Å². The molecule has 98 valence electrons. The summed E-state index contributed by atoms with van der Waals surface area (Å²) >= 11 is 0. The van der Waals surface area contributed by atoms with Crippen LogP contribution in [0.1, 0.15) is 12.5 Å². The summed E-state index contributed by atoms with van der Waals surface area (Å²) in [5.41, 5.74) is 6.72. The molecule has 1 saturated heterocycles. The van der Waals surface area contributed by atoms with Gasteiger partial charge in [0.15, 0.2) is 0 Å². The van der Waals surface area contributed by atoms with E-state index < -0.39 is 6.04 Å². The first-order valence-electron chi connectivity index (χ1n) is 6.07. The van der Waals surface area contributed by atoms with Crippen LogP contribution in [0, 0.1) is 0 Å². The van der Waals surface area contributed by atoms with Gasteiger partial charge in [0.25, 0.3) is 5.95 Å². The Labute approximate surface area is 110 Å². The van der Waals surface area contributed by atoms with Gasteiger partial charge in [0.2, 0.25) is 5.91 Å². The lowest BCUT2D eigenvalue weighted by molar-refractivity contribution is -0.125. The van der Waals surface area contributed by atoms with Gasteiger partial charge in [-0.1, -0.05) is 35.4 Å². The maximum Gasteiger partial charge on any atom is 0.273 e. The SMILES string of the molecule is CC1C(N)C(=O)N1c1nnn(Cc2ccccc2)n1. The summed E-state index contributed by atoms with van der Waals surface area (Å²) in [7, 11) is 0. The molecule has 0 bridgehead atoms. The third-order valence-electron chi connectivity index (χ3n) is 3.27. The molecule has 1 amide bonds. The van der Waals surface area contributed by atoms with Gasteiger partial charge in [-0.05, 0) is 17.7 Å². The van der Waals surface area contributed by atoms with Crippen molar-refractivity contribution in [2.24, 2.45) is 5.73 Å². The second-order valence-electron chi connectivity index (χ2n) is 4.58. The molecule has 1 aliphatic rings. The number of hydrogen-bond donors (Lipinski definition) is 1. The number of benzene rings is 1. The Kier molecular flexibility index (Phi) is 2.75. The maximum absolute atomic E-state index is 11.6. The molecule has 2 atom stereocenters. The van der Waals surface area contributed by atoms with E-state index in [9.17, 15) is 4.79 Å². The van der Waals surface area contributed by atoms with E-state index in [2.05, 4.69) is 15.4 Å². The van der Waals surface area contributed by atoms with Crippen LogP contribution in [0.2, 0.25) is 0 Å². The Morgan fingerprint density at radius 2 is 2.05 bits per heavy atom. The fraction of sp³-hybridized carbons (Fsp3) is 0.333. The highest BCUT2D eigenvalue weighted by Crippen LogP contribution is 2.22. The van der Waals surface area contributed by atoms with Crippen molar-refractivity contribution >= 4 is 11.9 Å². The molecule has 7 nitrogen and oxygen atoms in total. The van der Waals surface area contributed by atoms with Gasteiger partial charge in [-0.15, -0.1) is 5.10 Å². The summed E-state index contributed by atoms with van der Waals surface area (Å²) in [5.74, 6) is 0.155. The Morgan fingerprint density at radius 3 is 2.74 bits per heavy atom. The van der Waals surface area contributed by atoms with E-state index in [1.807, 2.05) is 37.3 Å². The zero-order valence-electron chi connectivity index (χ0n) is 10.5. The molecule has 2 N–H and O–H groups in total. The van der Waals surface area contributed by atoms with Crippen LogP contribution in [0.15, 0.2) is 30.3 Å². The number of carbonyl (C=O) groups is 1. The van der Waals surface area contributed by atoms with Crippen LogP contribution in [0.4, 0.5) is 5.95 Å². The Bertz CT molecular complexity index is 595. The topological polar surface area (TPSA) is 89.9 Å². The highest BCUT2D eigenvalue weighted by molar-refractivity contribution is 6.03. The smallest absolute Gasteiger partial charge is 0.273 e. The van der Waals surface area contributed by atoms with Crippen LogP contribution in [-0.4, -0.2) is 38.2 Å². The molecule has 0 radical (unpaired) electrons. The average molecular weight is 258 g/mol. The fourth-order valence-corrected chi connectivity index (χ4v) is 2.07. The second kappa shape index (κ2) is 4.43. The number of nitrogens with zero attached hydrogens (tertiary/aromatic N) is 5. The first kappa shape index (κ1) is 11.8. The molecule has 2 heterocycles. The summed E-state index contributed by atoms with van der Waals surface area (Å²) in [5, 5.41) is 12.1. The third kappa shape index (κ3) is 1.97. The number of amides is 1. The summed E-state index contributed by atoms with van der Waals surface area (Å²) in [6, 6.07) is 9.28. The third-order valence-corrected chi connectivity index (χ3v) is 3.27. The summed E-state index contributed by atoms with van der Waals surface area (Å²) < 4.78 is 0. The van der Waals surface area contributed by atoms with E-state index in [-0.39, 0.29) is 11.9 Å². The largest absolute Gasteiger partial charge is 0.318 e. The van der Waals surface area contributed by atoms with Crippen molar-refractivity contribution in [3.8, 4) is 0 Å². The zero-order valence-corrected chi connectivity index (χ0v) is 10.5. The van der Waals surface area contributed by atoms with Crippen LogP contribution in [-0.2, 0) is 11.3 Å². The second-order valence-corrected chi connectivity index (χ2v) is 4.58. The number of aromatic nitrogens is 4. The zero-order chi connectivity index (χ0) is 13.4. The maximum atomic E-state index is 11.6. The molecular weight excluding hydrogens is 244 g/mol. The monoisotopic (exact) mass is 258 g/mol. The molecule has 0 aliphatic carbocycles. The number of anilines is 1. The Morgan fingerprint density at radius 1 is 1.32 bits per heavy atom. The van der Waals surface area contributed by atoms with E-state index in [4.69, 9.17) is 5.73 Å². The van der Waals surface area contributed by atoms with E-state index in [1.165, 1.54) is 9.70 Å². The fourth-order valence-electron chi connectivity index (χ4n) is 2.07. The molecule has 2 aromatic rings. The highest BCUT2D eigenvalue weighted by atomic mass is 16.2. The molecule has 19 heavy (non-hydrogen) atoms. The van der Waals surface area contributed by atoms with Gasteiger partial charge in [-0.25, -0.2) is 0 Å². The van der Waals surface area contributed by atoms with E-state index >= 15 is 0 Å². The number of rotatable bonds is 3. The lowest BCUT2D eigenvalue weighted by Crippen LogP contribution is -2.68. The minimum absolute atomic E-state index is 0.0816. The quantitative estimate of drug-likeness (QED) is 0.769. The highest BCUT2D eigenvalue weighted by Gasteiger charge is 2.44. The average Bonchev–Trinajstić information content (AvgIpc) is 2.87. The van der Waals surface area contributed by atoms with Gasteiger partial charge in [0.05, 0.1) is 12.6 Å². The molecule has 3 rings (SSSR count). The van der Waals surface area contributed by atoms with E-state index in [1.54, 1.807) is 0 Å². The van der Waals surface area contributed by atoms with Gasteiger partial charge in [-0.3, -0.25) is 9.69 Å². The van der Waals surface area contributed by atoms with Crippen molar-refractivity contribution in [3.05, 3.63) is 35.9 Å². The summed E-state index contributed by atoms with van der Waals surface area (Å²) in [4.78, 5) is 14.6. The van der Waals surface area contributed by atoms with Crippen molar-refractivity contribution in [1.82, 2.24) is 20.2 Å². The van der Waals surface area contributed by atoms with Gasteiger partial charge < -0.3 is 5.73 Å². The lowest BCUT2D eigenvalue weighted by atomic mass is 9.99. The van der Waals surface area contributed by atoms with Gasteiger partial charge in [0, 0.05) is 0 Å². The lowest BCUT2D eigenvalue weighted by Gasteiger charge is -2.40. The number of tetrazole rings is 1. The number of carbonyl (C=O) groups excluding carboxylic acids is 1. The molecule has 2 unspecified atom stereocenters. The minimum Gasteiger partial charge on any atom is -0.318 e. The van der Waals surface area contributed by atoms with Crippen LogP contribution in [0.25, 0.3) is 0 Å². The van der Waals surface area contributed by atoms with Crippen molar-refractivity contribution < 1.29 is 4.79 Å². The minimum atomic E-state index is -0.457. The summed E-state index contributed by atoms with van der Waals surface area (Å²) in [6.07, 6.45) is 0. The van der Waals surface area contributed by atoms with Gasteiger partial charge in [-0.2, -0.15) is 4.80 Å². The predicted molar refractivity (Wildman–Crippen MR) is 68.3 cm³/mol. The van der Waals surface area contributed by atoms with Crippen molar-refractivity contribution in [3.63, 3.8) is 0 Å². The van der Waals surface area contributed by atoms with Crippen molar-refractivity contribution in [2.75, 3.05) is 4.90 Å². The van der Waals surface area contributed by atoms with E-state index in [0.29, 0.717) is 12.5 Å². The number of nitrogens with two attached hydrogens (primary N) is 1. The normalized spacial score (nSPS) is 22.4. The van der Waals surface area contributed by atoms with Crippen LogP contribution in [0.5, 0.6) is 0 Å². The van der Waals surface area contributed by atoms with Crippen LogP contribution in [0.3, 0.4) is 0 Å². The molecule has 1 aliphatic heterocycles. The van der Waals surface area contributed by atoms with Crippen molar-refractivity contribution in [2.45, 2.75) is 25.6 Å². The predicted octanol–water partition coefficient (Wildman–Crippen LogP) is -0.216. The molecular formula is C12H14N6O. The first-order valence-corrected chi connectivity index (χ1v) is 6.07. The van der Waals surface area contributed by atoms with Crippen LogP contribution >= 0.6 is 0 Å². The molecule has 7 heteroatoms.